The van der Waals surface area contributed by atoms with E-state index in [-0.39, 0.29) is 37.3 Å². The lowest BCUT2D eigenvalue weighted by atomic mass is 9.81. The predicted octanol–water partition coefficient (Wildman–Crippen LogP) is 1.68. The predicted molar refractivity (Wildman–Crippen MR) is 96.1 cm³/mol. The third-order valence-electron chi connectivity index (χ3n) is 4.47. The van der Waals surface area contributed by atoms with Gasteiger partial charge in [-0.05, 0) is 37.1 Å². The van der Waals surface area contributed by atoms with Gasteiger partial charge in [-0.15, -0.1) is 0 Å². The number of carbonyl (C=O) groups excluding carboxylic acids is 3. The molecule has 0 aliphatic carbocycles. The van der Waals surface area contributed by atoms with E-state index >= 15 is 0 Å². The first kappa shape index (κ1) is 20.6. The molecule has 1 aromatic carbocycles. The van der Waals surface area contributed by atoms with Crippen molar-refractivity contribution in [2.45, 2.75) is 33.1 Å². The van der Waals surface area contributed by atoms with Crippen molar-refractivity contribution in [2.24, 2.45) is 11.1 Å². The third-order valence-corrected chi connectivity index (χ3v) is 4.47. The number of amides is 2. The van der Waals surface area contributed by atoms with Crippen molar-refractivity contribution in [3.8, 4) is 0 Å². The molecule has 0 radical (unpaired) electrons. The van der Waals surface area contributed by atoms with Gasteiger partial charge in [-0.1, -0.05) is 13.8 Å². The van der Waals surface area contributed by atoms with E-state index < -0.39 is 5.41 Å². The Morgan fingerprint density at radius 3 is 2.20 bits per heavy atom. The molecule has 0 spiro atoms. The maximum absolute atomic E-state index is 12.5. The first-order valence-corrected chi connectivity index (χ1v) is 8.39. The quantitative estimate of drug-likeness (QED) is 0.588. The van der Waals surface area contributed by atoms with E-state index in [9.17, 15) is 14.4 Å². The van der Waals surface area contributed by atoms with Crippen LogP contribution in [0.3, 0.4) is 0 Å². The highest BCUT2D eigenvalue weighted by atomic mass is 16.5. The van der Waals surface area contributed by atoms with Crippen LogP contribution in [-0.2, 0) is 14.3 Å². The fraction of sp³-hybridized carbons (Fsp3) is 0.500. The third kappa shape index (κ3) is 5.56. The largest absolute Gasteiger partial charge is 0.469 e. The van der Waals surface area contributed by atoms with Crippen molar-refractivity contribution < 1.29 is 19.1 Å². The summed E-state index contributed by atoms with van der Waals surface area (Å²) < 4.78 is 4.51. The Morgan fingerprint density at radius 2 is 1.72 bits per heavy atom. The second-order valence-electron chi connectivity index (χ2n) is 5.81. The fourth-order valence-electron chi connectivity index (χ4n) is 2.40. The van der Waals surface area contributed by atoms with E-state index in [0.29, 0.717) is 24.1 Å². The highest BCUT2D eigenvalue weighted by molar-refractivity contribution is 5.97. The molecule has 1 rings (SSSR count). The molecule has 7 nitrogen and oxygen atoms in total. The highest BCUT2D eigenvalue weighted by Crippen LogP contribution is 2.27. The number of carbonyl (C=O) groups is 3. The molecule has 0 unspecified atom stereocenters. The molecule has 138 valence electrons. The zero-order valence-corrected chi connectivity index (χ0v) is 15.1. The number of hydrogen-bond acceptors (Lipinski definition) is 5. The summed E-state index contributed by atoms with van der Waals surface area (Å²) in [4.78, 5) is 35.5. The van der Waals surface area contributed by atoms with Crippen LogP contribution in [0.4, 0.5) is 5.69 Å². The molecule has 0 saturated carbocycles. The highest BCUT2D eigenvalue weighted by Gasteiger charge is 2.33. The van der Waals surface area contributed by atoms with Gasteiger partial charge in [-0.3, -0.25) is 14.4 Å². The van der Waals surface area contributed by atoms with Crippen molar-refractivity contribution in [3.05, 3.63) is 29.8 Å². The number of nitrogens with two attached hydrogens (primary N) is 1. The smallest absolute Gasteiger partial charge is 0.307 e. The van der Waals surface area contributed by atoms with Gasteiger partial charge in [-0.25, -0.2) is 0 Å². The second-order valence-corrected chi connectivity index (χ2v) is 5.81. The summed E-state index contributed by atoms with van der Waals surface area (Å²) in [7, 11) is 1.30. The zero-order valence-electron chi connectivity index (χ0n) is 15.1. The van der Waals surface area contributed by atoms with Gasteiger partial charge in [0.05, 0.1) is 18.9 Å². The first-order valence-electron chi connectivity index (χ1n) is 8.39. The Kier molecular flexibility index (Phi) is 8.07. The molecule has 25 heavy (non-hydrogen) atoms. The van der Waals surface area contributed by atoms with E-state index in [4.69, 9.17) is 5.73 Å². The molecule has 0 fully saturated rings. The van der Waals surface area contributed by atoms with Crippen LogP contribution in [0, 0.1) is 5.41 Å². The minimum absolute atomic E-state index is 0.115. The van der Waals surface area contributed by atoms with Crippen LogP contribution in [0.15, 0.2) is 24.3 Å². The summed E-state index contributed by atoms with van der Waals surface area (Å²) in [5.41, 5.74) is 6.25. The summed E-state index contributed by atoms with van der Waals surface area (Å²) in [5, 5.41) is 5.49. The van der Waals surface area contributed by atoms with Crippen LogP contribution in [0.2, 0.25) is 0 Å². The number of methoxy groups -OCH3 is 1. The molecule has 0 aliphatic heterocycles. The Labute approximate surface area is 148 Å². The van der Waals surface area contributed by atoms with Gasteiger partial charge in [-0.2, -0.15) is 0 Å². The van der Waals surface area contributed by atoms with Crippen molar-refractivity contribution >= 4 is 23.5 Å². The lowest BCUT2D eigenvalue weighted by molar-refractivity contribution is -0.140. The molecule has 0 heterocycles. The molecule has 0 aliphatic rings. The van der Waals surface area contributed by atoms with Crippen molar-refractivity contribution in [2.75, 3.05) is 25.5 Å². The molecule has 2 amide bonds. The molecule has 1 aromatic rings. The first-order chi connectivity index (χ1) is 11.9. The number of anilines is 1. The van der Waals surface area contributed by atoms with Crippen LogP contribution in [0.5, 0.6) is 0 Å². The summed E-state index contributed by atoms with van der Waals surface area (Å²) in [6.07, 6.45) is 1.44. The Hall–Kier alpha value is -2.41. The van der Waals surface area contributed by atoms with E-state index in [1.165, 1.54) is 7.11 Å². The Bertz CT molecular complexity index is 587. The van der Waals surface area contributed by atoms with E-state index in [1.807, 2.05) is 13.8 Å². The average molecular weight is 349 g/mol. The van der Waals surface area contributed by atoms with Crippen molar-refractivity contribution in [3.63, 3.8) is 0 Å². The fourth-order valence-corrected chi connectivity index (χ4v) is 2.40. The van der Waals surface area contributed by atoms with Gasteiger partial charge in [0.1, 0.15) is 0 Å². The van der Waals surface area contributed by atoms with E-state index in [1.54, 1.807) is 24.3 Å². The van der Waals surface area contributed by atoms with Crippen LogP contribution in [-0.4, -0.2) is 38.0 Å². The summed E-state index contributed by atoms with van der Waals surface area (Å²) in [6, 6.07) is 6.57. The molecule has 0 saturated heterocycles. The Balaban J connectivity index is 2.65. The zero-order chi connectivity index (χ0) is 18.9. The number of esters is 1. The van der Waals surface area contributed by atoms with Crippen LogP contribution in [0.1, 0.15) is 43.5 Å². The lowest BCUT2D eigenvalue weighted by Crippen LogP contribution is -2.41. The lowest BCUT2D eigenvalue weighted by Gasteiger charge is -2.28. The molecular formula is C18H27N3O4. The van der Waals surface area contributed by atoms with Gasteiger partial charge in [0, 0.05) is 24.3 Å². The molecular weight excluding hydrogens is 322 g/mol. The minimum atomic E-state index is -0.579. The Morgan fingerprint density at radius 1 is 1.12 bits per heavy atom. The minimum Gasteiger partial charge on any atom is -0.469 e. The van der Waals surface area contributed by atoms with Gasteiger partial charge in [0.25, 0.3) is 5.91 Å². The monoisotopic (exact) mass is 349 g/mol. The number of rotatable bonds is 9. The number of hydrogen-bond donors (Lipinski definition) is 3. The van der Waals surface area contributed by atoms with Crippen LogP contribution >= 0.6 is 0 Å². The maximum atomic E-state index is 12.5. The molecule has 0 atom stereocenters. The van der Waals surface area contributed by atoms with Gasteiger partial charge in [0.15, 0.2) is 0 Å². The summed E-state index contributed by atoms with van der Waals surface area (Å²) in [5.74, 6) is -0.788. The van der Waals surface area contributed by atoms with Gasteiger partial charge in [0.2, 0.25) is 5.91 Å². The molecule has 4 N–H and O–H groups in total. The number of nitrogens with one attached hydrogen (secondary N) is 2. The topological polar surface area (TPSA) is 111 Å². The number of ether oxygens (including phenoxy) is 1. The van der Waals surface area contributed by atoms with E-state index in [0.717, 1.165) is 0 Å². The SMILES string of the molecule is CCC(CC)(CN)C(=O)Nc1ccc(C(=O)NCCC(=O)OC)cc1. The molecule has 0 aromatic heterocycles. The standard InChI is InChI=1S/C18H27N3O4/c1-4-18(5-2,12-19)17(24)21-14-8-6-13(7-9-14)16(23)20-11-10-15(22)25-3/h6-9H,4-5,10-12,19H2,1-3H3,(H,20,23)(H,21,24). The number of benzene rings is 1. The second kappa shape index (κ2) is 9.78. The summed E-state index contributed by atoms with van der Waals surface area (Å²) in [6.45, 7) is 4.37. The molecule has 0 bridgehead atoms. The van der Waals surface area contributed by atoms with Crippen LogP contribution in [0.25, 0.3) is 0 Å². The molecule has 7 heteroatoms. The average Bonchev–Trinajstić information content (AvgIpc) is 2.64. The van der Waals surface area contributed by atoms with Crippen LogP contribution < -0.4 is 16.4 Å². The van der Waals surface area contributed by atoms with Gasteiger partial charge < -0.3 is 21.1 Å². The normalized spacial score (nSPS) is 10.9. The van der Waals surface area contributed by atoms with Crippen molar-refractivity contribution in [1.82, 2.24) is 5.32 Å². The van der Waals surface area contributed by atoms with Crippen molar-refractivity contribution in [1.29, 1.82) is 0 Å². The van der Waals surface area contributed by atoms with Gasteiger partial charge >= 0.3 is 5.97 Å². The maximum Gasteiger partial charge on any atom is 0.307 e. The van der Waals surface area contributed by atoms with E-state index in [2.05, 4.69) is 15.4 Å². The summed E-state index contributed by atoms with van der Waals surface area (Å²) >= 11 is 0.